The van der Waals surface area contributed by atoms with E-state index in [2.05, 4.69) is 10.9 Å². The van der Waals surface area contributed by atoms with Crippen LogP contribution in [-0.4, -0.2) is 13.3 Å². The van der Waals surface area contributed by atoms with Gasteiger partial charge in [-0.3, -0.25) is 5.73 Å². The number of hydroxylamine groups is 2. The summed E-state index contributed by atoms with van der Waals surface area (Å²) in [6, 6.07) is 7.53. The Hall–Kier alpha value is -1.18. The zero-order valence-electron chi connectivity index (χ0n) is 8.49. The third kappa shape index (κ3) is 3.82. The van der Waals surface area contributed by atoms with Crippen LogP contribution < -0.4 is 27.4 Å². The minimum Gasteiger partial charge on any atom is -0.633 e. The highest BCUT2D eigenvalue weighted by molar-refractivity contribution is 5.49. The quantitative estimate of drug-likeness (QED) is 0.285. The molecule has 0 saturated heterocycles. The largest absolute Gasteiger partial charge is 0.633 e. The van der Waals surface area contributed by atoms with Crippen molar-refractivity contribution in [3.63, 3.8) is 0 Å². The van der Waals surface area contributed by atoms with Crippen LogP contribution >= 0.6 is 0 Å². The lowest BCUT2D eigenvalue weighted by molar-refractivity contribution is -0.862. The maximum atomic E-state index is 11.2. The monoisotopic (exact) mass is 211 g/mol. The summed E-state index contributed by atoms with van der Waals surface area (Å²) in [4.78, 5) is 0. The van der Waals surface area contributed by atoms with Crippen molar-refractivity contribution in [1.82, 2.24) is 5.43 Å². The number of rotatable bonds is 6. The van der Waals surface area contributed by atoms with Crippen molar-refractivity contribution in [2.24, 2.45) is 11.5 Å². The van der Waals surface area contributed by atoms with E-state index >= 15 is 0 Å². The van der Waals surface area contributed by atoms with E-state index in [-0.39, 0.29) is 11.7 Å². The van der Waals surface area contributed by atoms with E-state index in [0.717, 1.165) is 11.3 Å². The van der Waals surface area contributed by atoms with Gasteiger partial charge in [-0.05, 0) is 6.07 Å². The van der Waals surface area contributed by atoms with Crippen LogP contribution in [0, 0.1) is 5.21 Å². The van der Waals surface area contributed by atoms with Gasteiger partial charge in [0.1, 0.15) is 13.2 Å². The Labute approximate surface area is 88.8 Å². The Kier molecular flexibility index (Phi) is 5.02. The molecule has 7 N–H and O–H groups in total. The van der Waals surface area contributed by atoms with Crippen molar-refractivity contribution >= 4 is 5.69 Å². The van der Waals surface area contributed by atoms with Crippen molar-refractivity contribution in [3.05, 3.63) is 35.0 Å². The highest BCUT2D eigenvalue weighted by atomic mass is 16.5. The average molecular weight is 211 g/mol. The second-order valence-electron chi connectivity index (χ2n) is 3.08. The molecule has 0 heterocycles. The van der Waals surface area contributed by atoms with Gasteiger partial charge in [-0.25, -0.2) is 5.43 Å². The number of nitrogens with one attached hydrogen (secondary N) is 3. The van der Waals surface area contributed by atoms with Gasteiger partial charge in [-0.15, -0.1) is 0 Å². The summed E-state index contributed by atoms with van der Waals surface area (Å²) in [7, 11) is 0. The van der Waals surface area contributed by atoms with E-state index in [1.165, 1.54) is 0 Å². The molecule has 15 heavy (non-hydrogen) atoms. The summed E-state index contributed by atoms with van der Waals surface area (Å²) in [6.45, 7) is 0.726. The molecule has 0 saturated carbocycles. The van der Waals surface area contributed by atoms with Gasteiger partial charge >= 0.3 is 0 Å². The molecule has 0 aliphatic carbocycles. The molecule has 0 spiro atoms. The molecule has 0 bridgehead atoms. The average Bonchev–Trinajstić information content (AvgIpc) is 2.28. The van der Waals surface area contributed by atoms with Gasteiger partial charge in [0, 0.05) is 5.56 Å². The van der Waals surface area contributed by atoms with Crippen LogP contribution in [0.15, 0.2) is 24.3 Å². The van der Waals surface area contributed by atoms with Crippen molar-refractivity contribution in [2.45, 2.75) is 6.54 Å². The molecule has 1 unspecified atom stereocenters. The second kappa shape index (κ2) is 6.33. The molecule has 0 aliphatic rings. The first-order valence-corrected chi connectivity index (χ1v) is 4.76. The Morgan fingerprint density at radius 3 is 2.67 bits per heavy atom. The number of hydrogen-bond acceptors (Lipinski definition) is 5. The van der Waals surface area contributed by atoms with E-state index in [1.807, 2.05) is 24.3 Å². The third-order valence-electron chi connectivity index (χ3n) is 1.96. The maximum Gasteiger partial charge on any atom is 0.128 e. The summed E-state index contributed by atoms with van der Waals surface area (Å²) in [6.07, 6.45) is 0. The smallest absolute Gasteiger partial charge is 0.128 e. The van der Waals surface area contributed by atoms with E-state index in [0.29, 0.717) is 13.2 Å². The molecular formula is C9H17N5O. The molecule has 1 aromatic rings. The molecule has 1 atom stereocenters. The number of para-hydroxylation sites is 1. The predicted octanol–water partition coefficient (Wildman–Crippen LogP) is -1.68. The Balaban J connectivity index is 2.67. The number of hydrogen-bond donors (Lipinski definition) is 5. The minimum absolute atomic E-state index is 0.0111. The first-order valence-electron chi connectivity index (χ1n) is 4.76. The zero-order chi connectivity index (χ0) is 11.1. The van der Waals surface area contributed by atoms with E-state index < -0.39 is 0 Å². The molecule has 0 radical (unpaired) electrons. The number of quaternary nitrogens is 1. The second-order valence-corrected chi connectivity index (χ2v) is 3.08. The van der Waals surface area contributed by atoms with E-state index in [9.17, 15) is 5.21 Å². The molecule has 1 rings (SSSR count). The lowest BCUT2D eigenvalue weighted by Crippen LogP contribution is -3.07. The Morgan fingerprint density at radius 1 is 1.27 bits per heavy atom. The molecular weight excluding hydrogens is 194 g/mol. The van der Waals surface area contributed by atoms with Crippen molar-refractivity contribution in [1.29, 1.82) is 0 Å². The summed E-state index contributed by atoms with van der Waals surface area (Å²) in [5.74, 6) is 0. The Bertz CT molecular complexity index is 294. The topological polar surface area (TPSA) is 104 Å². The molecule has 0 amide bonds. The van der Waals surface area contributed by atoms with Gasteiger partial charge in [0.15, 0.2) is 0 Å². The summed E-state index contributed by atoms with van der Waals surface area (Å²) < 4.78 is 0. The zero-order valence-corrected chi connectivity index (χ0v) is 8.49. The minimum atomic E-state index is 0.0111. The standard InChI is InChI=1S/C9H17N5O/c10-6-12-13-9-4-2-1-3-8(9)5-14(15)7-11/h1-4,12-14H,5-7,10-11H2. The molecule has 0 aliphatic heterocycles. The molecule has 6 nitrogen and oxygen atoms in total. The highest BCUT2D eigenvalue weighted by Gasteiger charge is 2.03. The van der Waals surface area contributed by atoms with Crippen LogP contribution in [0.25, 0.3) is 0 Å². The number of nitrogens with two attached hydrogens (primary N) is 2. The summed E-state index contributed by atoms with van der Waals surface area (Å²) in [5, 5.41) is 11.2. The van der Waals surface area contributed by atoms with E-state index in [4.69, 9.17) is 11.5 Å². The first kappa shape index (κ1) is 11.9. The summed E-state index contributed by atoms with van der Waals surface area (Å²) in [5.41, 5.74) is 18.0. The van der Waals surface area contributed by atoms with Crippen LogP contribution in [0.4, 0.5) is 5.69 Å². The van der Waals surface area contributed by atoms with Gasteiger partial charge in [-0.2, -0.15) is 0 Å². The molecule has 6 heteroatoms. The van der Waals surface area contributed by atoms with Crippen molar-refractivity contribution < 1.29 is 5.06 Å². The van der Waals surface area contributed by atoms with Crippen LogP contribution in [0.5, 0.6) is 0 Å². The molecule has 1 aromatic carbocycles. The van der Waals surface area contributed by atoms with Crippen LogP contribution in [-0.2, 0) is 6.54 Å². The van der Waals surface area contributed by atoms with Crippen molar-refractivity contribution in [3.8, 4) is 0 Å². The lowest BCUT2D eigenvalue weighted by Gasteiger charge is -2.21. The fraction of sp³-hybridized carbons (Fsp3) is 0.333. The van der Waals surface area contributed by atoms with E-state index in [1.54, 1.807) is 0 Å². The van der Waals surface area contributed by atoms with Gasteiger partial charge in [-0.1, -0.05) is 18.2 Å². The van der Waals surface area contributed by atoms with Gasteiger partial charge < -0.3 is 21.4 Å². The number of anilines is 1. The molecule has 0 fully saturated rings. The van der Waals surface area contributed by atoms with Gasteiger partial charge in [0.2, 0.25) is 0 Å². The van der Waals surface area contributed by atoms with Crippen LogP contribution in [0.1, 0.15) is 5.56 Å². The van der Waals surface area contributed by atoms with Crippen molar-refractivity contribution in [2.75, 3.05) is 18.8 Å². The lowest BCUT2D eigenvalue weighted by atomic mass is 10.2. The van der Waals surface area contributed by atoms with Crippen LogP contribution in [0.3, 0.4) is 0 Å². The fourth-order valence-electron chi connectivity index (χ4n) is 1.23. The highest BCUT2D eigenvalue weighted by Crippen LogP contribution is 2.12. The molecule has 84 valence electrons. The fourth-order valence-corrected chi connectivity index (χ4v) is 1.23. The normalized spacial score (nSPS) is 12.5. The number of hydrazine groups is 1. The van der Waals surface area contributed by atoms with Gasteiger partial charge in [0.05, 0.1) is 12.4 Å². The number of benzene rings is 1. The first-order chi connectivity index (χ1) is 7.27. The Morgan fingerprint density at radius 2 is 2.00 bits per heavy atom. The SMILES string of the molecule is NCNNc1ccccc1C[NH+]([O-])CN. The third-order valence-corrected chi connectivity index (χ3v) is 1.96. The summed E-state index contributed by atoms with van der Waals surface area (Å²) >= 11 is 0. The predicted molar refractivity (Wildman–Crippen MR) is 59.3 cm³/mol. The molecule has 0 aromatic heterocycles. The maximum absolute atomic E-state index is 11.2. The van der Waals surface area contributed by atoms with Gasteiger partial charge in [0.25, 0.3) is 0 Å². The van der Waals surface area contributed by atoms with Crippen LogP contribution in [0.2, 0.25) is 0 Å².